The molecule has 0 saturated heterocycles. The second-order valence-corrected chi connectivity index (χ2v) is 8.74. The highest BCUT2D eigenvalue weighted by molar-refractivity contribution is 5.91. The molecule has 4 aromatic rings. The van der Waals surface area contributed by atoms with Crippen molar-refractivity contribution in [1.29, 1.82) is 0 Å². The van der Waals surface area contributed by atoms with Gasteiger partial charge in [0.05, 0.1) is 12.8 Å². The van der Waals surface area contributed by atoms with E-state index < -0.39 is 5.82 Å². The van der Waals surface area contributed by atoms with Gasteiger partial charge in [-0.25, -0.2) is 4.39 Å². The summed E-state index contributed by atoms with van der Waals surface area (Å²) in [5.74, 6) is 2.52. The van der Waals surface area contributed by atoms with Gasteiger partial charge in [-0.1, -0.05) is 11.6 Å². The molecule has 5 rings (SSSR count). The predicted octanol–water partition coefficient (Wildman–Crippen LogP) is 4.83. The number of aromatic nitrogens is 5. The number of fused-ring (bicyclic) bond motifs is 1. The number of aryl methyl sites for hydroxylation is 2. The first kappa shape index (κ1) is 23.7. The fourth-order valence-corrected chi connectivity index (χ4v) is 4.29. The molecule has 2 aromatic carbocycles. The summed E-state index contributed by atoms with van der Waals surface area (Å²) in [6.07, 6.45) is 5.29. The van der Waals surface area contributed by atoms with E-state index in [1.165, 1.54) is 6.07 Å². The van der Waals surface area contributed by atoms with E-state index in [2.05, 4.69) is 30.2 Å². The van der Waals surface area contributed by atoms with Crippen LogP contribution in [-0.4, -0.2) is 37.9 Å². The molecule has 0 fully saturated rings. The molecule has 1 amide bonds. The monoisotopic (exact) mass is 490 g/mol. The summed E-state index contributed by atoms with van der Waals surface area (Å²) < 4.78 is 27.0. The molecule has 36 heavy (non-hydrogen) atoms. The molecule has 3 heterocycles. The molecular formula is C26H27FN6O3. The van der Waals surface area contributed by atoms with Gasteiger partial charge >= 0.3 is 0 Å². The number of nitrogens with one attached hydrogen (secondary N) is 1. The highest BCUT2D eigenvalue weighted by atomic mass is 19.1. The van der Waals surface area contributed by atoms with Crippen LogP contribution in [0.5, 0.6) is 5.75 Å². The number of carbonyl (C=O) groups excluding carboxylic acids is 1. The topological polar surface area (TPSA) is 108 Å². The van der Waals surface area contributed by atoms with Crippen LogP contribution in [0.25, 0.3) is 22.8 Å². The van der Waals surface area contributed by atoms with Crippen LogP contribution in [0.3, 0.4) is 0 Å². The summed E-state index contributed by atoms with van der Waals surface area (Å²) in [5, 5.41) is 15.3. The first-order valence-electron chi connectivity index (χ1n) is 12.1. The van der Waals surface area contributed by atoms with E-state index in [0.29, 0.717) is 30.4 Å². The number of anilines is 1. The molecule has 0 saturated carbocycles. The van der Waals surface area contributed by atoms with Crippen molar-refractivity contribution in [2.75, 3.05) is 12.4 Å². The lowest BCUT2D eigenvalue weighted by atomic mass is 10.1. The second kappa shape index (κ2) is 10.7. The number of hydrogen-bond donors (Lipinski definition) is 1. The van der Waals surface area contributed by atoms with Crippen molar-refractivity contribution < 1.29 is 18.4 Å². The first-order valence-corrected chi connectivity index (χ1v) is 12.1. The maximum Gasteiger partial charge on any atom is 0.226 e. The quantitative estimate of drug-likeness (QED) is 0.377. The fourth-order valence-electron chi connectivity index (χ4n) is 4.29. The molecule has 0 radical (unpaired) electrons. The summed E-state index contributed by atoms with van der Waals surface area (Å²) in [6.45, 7) is 0.840. The summed E-state index contributed by atoms with van der Waals surface area (Å²) in [4.78, 5) is 16.9. The molecule has 1 aliphatic heterocycles. The van der Waals surface area contributed by atoms with Crippen molar-refractivity contribution in [1.82, 2.24) is 24.9 Å². The molecule has 0 unspecified atom stereocenters. The normalized spacial score (nSPS) is 13.2. The van der Waals surface area contributed by atoms with Gasteiger partial charge in [-0.15, -0.1) is 10.2 Å². The highest BCUT2D eigenvalue weighted by Gasteiger charge is 2.18. The number of ether oxygens (including phenoxy) is 1. The van der Waals surface area contributed by atoms with Crippen molar-refractivity contribution in [2.45, 2.75) is 51.5 Å². The van der Waals surface area contributed by atoms with E-state index in [0.717, 1.165) is 54.9 Å². The van der Waals surface area contributed by atoms with E-state index in [1.807, 2.05) is 24.3 Å². The molecule has 1 aliphatic rings. The molecule has 2 aromatic heterocycles. The average molecular weight is 491 g/mol. The zero-order valence-corrected chi connectivity index (χ0v) is 20.0. The van der Waals surface area contributed by atoms with Gasteiger partial charge in [-0.3, -0.25) is 4.79 Å². The Labute approximate surface area is 207 Å². The number of carbonyl (C=O) groups is 1. The molecule has 0 aliphatic carbocycles. The number of nitrogens with zero attached hydrogens (tertiary/aromatic N) is 5. The Hall–Kier alpha value is -4.08. The van der Waals surface area contributed by atoms with Gasteiger partial charge in [-0.05, 0) is 61.7 Å². The number of rotatable bonds is 8. The molecule has 186 valence electrons. The lowest BCUT2D eigenvalue weighted by molar-refractivity contribution is -0.116. The fraction of sp³-hybridized carbons (Fsp3) is 0.346. The third-order valence-electron chi connectivity index (χ3n) is 6.22. The smallest absolute Gasteiger partial charge is 0.226 e. The minimum absolute atomic E-state index is 0.128. The van der Waals surface area contributed by atoms with E-state index >= 15 is 0 Å². The van der Waals surface area contributed by atoms with Crippen LogP contribution in [0.15, 0.2) is 47.0 Å². The number of benzene rings is 2. The Morgan fingerprint density at radius 2 is 1.94 bits per heavy atom. The van der Waals surface area contributed by atoms with Crippen LogP contribution in [0, 0.1) is 5.82 Å². The molecule has 9 nitrogen and oxygen atoms in total. The Morgan fingerprint density at radius 1 is 1.11 bits per heavy atom. The average Bonchev–Trinajstić information content (AvgIpc) is 3.46. The SMILES string of the molecule is COc1ccc(-c2noc(CCCC(=O)Nc3cc(-c4nnc5n4CCCCC5)ccc3F)n2)cc1. The number of hydrogen-bond acceptors (Lipinski definition) is 7. The number of methoxy groups -OCH3 is 1. The van der Waals surface area contributed by atoms with Gasteiger partial charge in [0.1, 0.15) is 17.4 Å². The van der Waals surface area contributed by atoms with Gasteiger partial charge in [0.2, 0.25) is 17.6 Å². The van der Waals surface area contributed by atoms with Crippen LogP contribution in [0.2, 0.25) is 0 Å². The van der Waals surface area contributed by atoms with E-state index in [1.54, 1.807) is 19.2 Å². The van der Waals surface area contributed by atoms with Gasteiger partial charge in [-0.2, -0.15) is 4.98 Å². The third-order valence-corrected chi connectivity index (χ3v) is 6.22. The summed E-state index contributed by atoms with van der Waals surface area (Å²) in [5.41, 5.74) is 1.66. The molecular weight excluding hydrogens is 463 g/mol. The van der Waals surface area contributed by atoms with Gasteiger partial charge in [0.25, 0.3) is 0 Å². The standard InChI is InChI=1S/C26H27FN6O3/c1-35-19-12-9-17(10-13-19)25-29-24(36-32-25)8-5-7-23(34)28-21-16-18(11-14-20(21)27)26-31-30-22-6-3-2-4-15-33(22)26/h9-14,16H,2-8,15H2,1H3,(H,28,34). The van der Waals surface area contributed by atoms with Crippen LogP contribution in [0.4, 0.5) is 10.1 Å². The number of amides is 1. The van der Waals surface area contributed by atoms with E-state index in [9.17, 15) is 9.18 Å². The van der Waals surface area contributed by atoms with Crippen molar-refractivity contribution in [3.8, 4) is 28.5 Å². The van der Waals surface area contributed by atoms with Crippen molar-refractivity contribution in [3.05, 3.63) is 60.0 Å². The van der Waals surface area contributed by atoms with Crippen molar-refractivity contribution >= 4 is 11.6 Å². The zero-order chi connectivity index (χ0) is 24.9. The lowest BCUT2D eigenvalue weighted by Gasteiger charge is -2.10. The van der Waals surface area contributed by atoms with Crippen LogP contribution < -0.4 is 10.1 Å². The van der Waals surface area contributed by atoms with Crippen molar-refractivity contribution in [2.24, 2.45) is 0 Å². The maximum atomic E-state index is 14.5. The maximum absolute atomic E-state index is 14.5. The van der Waals surface area contributed by atoms with Crippen LogP contribution in [0.1, 0.15) is 43.8 Å². The highest BCUT2D eigenvalue weighted by Crippen LogP contribution is 2.27. The molecule has 0 bridgehead atoms. The largest absolute Gasteiger partial charge is 0.497 e. The zero-order valence-electron chi connectivity index (χ0n) is 20.0. The summed E-state index contributed by atoms with van der Waals surface area (Å²) >= 11 is 0. The van der Waals surface area contributed by atoms with Gasteiger partial charge in [0, 0.05) is 36.9 Å². The Balaban J connectivity index is 1.18. The number of halogens is 1. The Morgan fingerprint density at radius 3 is 2.78 bits per heavy atom. The lowest BCUT2D eigenvalue weighted by Crippen LogP contribution is -2.13. The summed E-state index contributed by atoms with van der Waals surface area (Å²) in [6, 6.07) is 12.0. The van der Waals surface area contributed by atoms with Crippen LogP contribution in [-0.2, 0) is 24.2 Å². The first-order chi connectivity index (χ1) is 17.6. The predicted molar refractivity (Wildman–Crippen MR) is 131 cm³/mol. The molecule has 0 spiro atoms. The molecule has 1 N–H and O–H groups in total. The second-order valence-electron chi connectivity index (χ2n) is 8.74. The van der Waals surface area contributed by atoms with Gasteiger partial charge < -0.3 is 19.1 Å². The van der Waals surface area contributed by atoms with Gasteiger partial charge in [0.15, 0.2) is 5.82 Å². The van der Waals surface area contributed by atoms with Crippen LogP contribution >= 0.6 is 0 Å². The van der Waals surface area contributed by atoms with E-state index in [-0.39, 0.29) is 18.0 Å². The minimum atomic E-state index is -0.497. The van der Waals surface area contributed by atoms with E-state index in [4.69, 9.17) is 9.26 Å². The Kier molecular flexibility index (Phi) is 7.01. The minimum Gasteiger partial charge on any atom is -0.497 e. The summed E-state index contributed by atoms with van der Waals surface area (Å²) in [7, 11) is 1.60. The Bertz CT molecular complexity index is 1350. The molecule has 10 heteroatoms. The molecule has 0 atom stereocenters. The van der Waals surface area contributed by atoms with Crippen molar-refractivity contribution in [3.63, 3.8) is 0 Å². The third kappa shape index (κ3) is 5.27.